The van der Waals surface area contributed by atoms with E-state index in [2.05, 4.69) is 5.32 Å². The molecule has 27 heavy (non-hydrogen) atoms. The topological polar surface area (TPSA) is 93.0 Å². The van der Waals surface area contributed by atoms with Gasteiger partial charge in [-0.05, 0) is 36.4 Å². The third kappa shape index (κ3) is 4.36. The normalized spacial score (nSPS) is 10.4. The largest absolute Gasteiger partial charge is 0.493 e. The summed E-state index contributed by atoms with van der Waals surface area (Å²) in [6, 6.07) is 14.0. The predicted molar refractivity (Wildman–Crippen MR) is 104 cm³/mol. The molecule has 0 saturated heterocycles. The third-order valence-corrected chi connectivity index (χ3v) is 4.15. The molecule has 0 fully saturated rings. The SMILES string of the molecule is COc1cccc2cc(C(=O)NCCOc3ccc(C(=S)NO)cc3)oc12. The molecular formula is C19H18N2O5S. The van der Waals surface area contributed by atoms with Gasteiger partial charge in [0.15, 0.2) is 17.1 Å². The van der Waals surface area contributed by atoms with Crippen molar-refractivity contribution in [2.24, 2.45) is 0 Å². The van der Waals surface area contributed by atoms with E-state index >= 15 is 0 Å². The fourth-order valence-electron chi connectivity index (χ4n) is 2.50. The Balaban J connectivity index is 1.52. The quantitative estimate of drug-likeness (QED) is 0.327. The molecule has 2 aromatic carbocycles. The van der Waals surface area contributed by atoms with Crippen LogP contribution in [0.25, 0.3) is 11.0 Å². The van der Waals surface area contributed by atoms with Crippen LogP contribution in [0, 0.1) is 0 Å². The van der Waals surface area contributed by atoms with Crippen LogP contribution in [0.2, 0.25) is 0 Å². The van der Waals surface area contributed by atoms with Crippen molar-refractivity contribution in [3.8, 4) is 11.5 Å². The maximum absolute atomic E-state index is 12.2. The number of nitrogens with one attached hydrogen (secondary N) is 2. The van der Waals surface area contributed by atoms with Crippen LogP contribution in [-0.2, 0) is 0 Å². The second kappa shape index (κ2) is 8.52. The van der Waals surface area contributed by atoms with Gasteiger partial charge < -0.3 is 19.2 Å². The van der Waals surface area contributed by atoms with E-state index in [4.69, 9.17) is 31.3 Å². The molecule has 7 nitrogen and oxygen atoms in total. The zero-order valence-corrected chi connectivity index (χ0v) is 15.3. The molecule has 0 bridgehead atoms. The monoisotopic (exact) mass is 386 g/mol. The van der Waals surface area contributed by atoms with Crippen LogP contribution in [0.3, 0.4) is 0 Å². The number of benzene rings is 2. The lowest BCUT2D eigenvalue weighted by molar-refractivity contribution is 0.0921. The molecule has 1 heterocycles. The minimum atomic E-state index is -0.327. The fourth-order valence-corrected chi connectivity index (χ4v) is 2.63. The molecule has 3 N–H and O–H groups in total. The molecule has 1 aromatic heterocycles. The van der Waals surface area contributed by atoms with Gasteiger partial charge in [0.05, 0.1) is 13.7 Å². The number of hydrogen-bond acceptors (Lipinski definition) is 6. The van der Waals surface area contributed by atoms with Gasteiger partial charge in [0.25, 0.3) is 5.91 Å². The number of methoxy groups -OCH3 is 1. The molecule has 0 unspecified atom stereocenters. The van der Waals surface area contributed by atoms with Gasteiger partial charge in [-0.2, -0.15) is 0 Å². The summed E-state index contributed by atoms with van der Waals surface area (Å²) in [4.78, 5) is 12.5. The molecular weight excluding hydrogens is 368 g/mol. The first-order valence-corrected chi connectivity index (χ1v) is 8.55. The molecule has 8 heteroatoms. The van der Waals surface area contributed by atoms with Gasteiger partial charge in [0, 0.05) is 10.9 Å². The molecule has 0 radical (unpaired) electrons. The van der Waals surface area contributed by atoms with E-state index in [-0.39, 0.29) is 23.3 Å². The van der Waals surface area contributed by atoms with Gasteiger partial charge in [0.1, 0.15) is 17.3 Å². The van der Waals surface area contributed by atoms with Crippen molar-refractivity contribution < 1.29 is 23.9 Å². The maximum atomic E-state index is 12.2. The average molecular weight is 386 g/mol. The highest BCUT2D eigenvalue weighted by Gasteiger charge is 2.14. The van der Waals surface area contributed by atoms with Crippen LogP contribution in [0.5, 0.6) is 11.5 Å². The van der Waals surface area contributed by atoms with Gasteiger partial charge in [0.2, 0.25) is 0 Å². The summed E-state index contributed by atoms with van der Waals surface area (Å²) >= 11 is 4.92. The molecule has 3 rings (SSSR count). The number of furan rings is 1. The highest BCUT2D eigenvalue weighted by atomic mass is 32.1. The summed E-state index contributed by atoms with van der Waals surface area (Å²) in [5.41, 5.74) is 3.14. The second-order valence-electron chi connectivity index (χ2n) is 5.56. The lowest BCUT2D eigenvalue weighted by Crippen LogP contribution is -2.27. The van der Waals surface area contributed by atoms with Crippen molar-refractivity contribution in [1.29, 1.82) is 0 Å². The lowest BCUT2D eigenvalue weighted by atomic mass is 10.2. The first-order valence-electron chi connectivity index (χ1n) is 8.14. The Morgan fingerprint density at radius 3 is 2.70 bits per heavy atom. The van der Waals surface area contributed by atoms with E-state index in [1.807, 2.05) is 17.6 Å². The fraction of sp³-hybridized carbons (Fsp3) is 0.158. The molecule has 0 atom stereocenters. The number of para-hydroxylation sites is 1. The summed E-state index contributed by atoms with van der Waals surface area (Å²) in [6.45, 7) is 0.600. The van der Waals surface area contributed by atoms with Crippen molar-refractivity contribution >= 4 is 34.1 Å². The maximum Gasteiger partial charge on any atom is 0.287 e. The zero-order valence-electron chi connectivity index (χ0n) is 14.5. The number of amides is 1. The molecule has 0 spiro atoms. The second-order valence-corrected chi connectivity index (χ2v) is 5.97. The van der Waals surface area contributed by atoms with Crippen LogP contribution >= 0.6 is 12.2 Å². The van der Waals surface area contributed by atoms with Crippen LogP contribution in [-0.4, -0.2) is 36.4 Å². The van der Waals surface area contributed by atoms with Gasteiger partial charge in [-0.1, -0.05) is 24.4 Å². The van der Waals surface area contributed by atoms with Crippen LogP contribution < -0.4 is 20.3 Å². The summed E-state index contributed by atoms with van der Waals surface area (Å²) in [5.74, 6) is 1.09. The minimum Gasteiger partial charge on any atom is -0.493 e. The highest BCUT2D eigenvalue weighted by molar-refractivity contribution is 7.80. The summed E-state index contributed by atoms with van der Waals surface area (Å²) < 4.78 is 16.4. The van der Waals surface area contributed by atoms with Crippen LogP contribution in [0.4, 0.5) is 0 Å². The van der Waals surface area contributed by atoms with E-state index in [0.717, 1.165) is 5.39 Å². The van der Waals surface area contributed by atoms with Gasteiger partial charge >= 0.3 is 0 Å². The number of carbonyl (C=O) groups excluding carboxylic acids is 1. The zero-order chi connectivity index (χ0) is 19.2. The van der Waals surface area contributed by atoms with E-state index < -0.39 is 0 Å². The molecule has 3 aromatic rings. The molecule has 0 saturated carbocycles. The number of carbonyl (C=O) groups is 1. The van der Waals surface area contributed by atoms with Crippen molar-refractivity contribution in [2.75, 3.05) is 20.3 Å². The number of hydrogen-bond donors (Lipinski definition) is 3. The smallest absolute Gasteiger partial charge is 0.287 e. The number of rotatable bonds is 7. The first kappa shape index (κ1) is 18.7. The molecule has 1 amide bonds. The lowest BCUT2D eigenvalue weighted by Gasteiger charge is -2.08. The van der Waals surface area contributed by atoms with Crippen molar-refractivity contribution in [3.63, 3.8) is 0 Å². The molecule has 0 aliphatic rings. The van der Waals surface area contributed by atoms with Crippen LogP contribution in [0.15, 0.2) is 52.9 Å². The minimum absolute atomic E-state index is 0.212. The Labute approximate surface area is 160 Å². The van der Waals surface area contributed by atoms with E-state index in [1.165, 1.54) is 0 Å². The van der Waals surface area contributed by atoms with E-state index in [1.54, 1.807) is 43.5 Å². The van der Waals surface area contributed by atoms with Gasteiger partial charge in [-0.15, -0.1) is 0 Å². The Hall–Kier alpha value is -3.10. The van der Waals surface area contributed by atoms with E-state index in [0.29, 0.717) is 29.2 Å². The molecule has 140 valence electrons. The van der Waals surface area contributed by atoms with Crippen molar-refractivity contribution in [3.05, 3.63) is 59.9 Å². The molecule has 0 aliphatic heterocycles. The van der Waals surface area contributed by atoms with Gasteiger partial charge in [-0.25, -0.2) is 0 Å². The summed E-state index contributed by atoms with van der Waals surface area (Å²) in [7, 11) is 1.55. The summed E-state index contributed by atoms with van der Waals surface area (Å²) in [6.07, 6.45) is 0. The standard InChI is InChI=1S/C19H18N2O5S/c1-24-15-4-2-3-13-11-16(26-17(13)15)18(22)20-9-10-25-14-7-5-12(6-8-14)19(27)21-23/h2-8,11,23H,9-10H2,1H3,(H,20,22)(H,21,27). The number of ether oxygens (including phenoxy) is 2. The summed E-state index contributed by atoms with van der Waals surface area (Å²) in [5, 5.41) is 12.3. The highest BCUT2D eigenvalue weighted by Crippen LogP contribution is 2.28. The Bertz CT molecular complexity index is 952. The van der Waals surface area contributed by atoms with Crippen LogP contribution in [0.1, 0.15) is 16.1 Å². The predicted octanol–water partition coefficient (Wildman–Crippen LogP) is 2.90. The number of fused-ring (bicyclic) bond motifs is 1. The Morgan fingerprint density at radius 1 is 1.22 bits per heavy atom. The number of hydroxylamine groups is 1. The number of thiocarbonyl (C=S) groups is 1. The van der Waals surface area contributed by atoms with Crippen molar-refractivity contribution in [1.82, 2.24) is 10.8 Å². The van der Waals surface area contributed by atoms with Gasteiger partial charge in [-0.3, -0.25) is 15.5 Å². The Morgan fingerprint density at radius 2 is 2.00 bits per heavy atom. The average Bonchev–Trinajstić information content (AvgIpc) is 3.15. The van der Waals surface area contributed by atoms with E-state index in [9.17, 15) is 4.79 Å². The first-order chi connectivity index (χ1) is 13.1. The Kier molecular flexibility index (Phi) is 5.90. The molecule has 0 aliphatic carbocycles. The van der Waals surface area contributed by atoms with Crippen molar-refractivity contribution in [2.45, 2.75) is 0 Å². The third-order valence-electron chi connectivity index (χ3n) is 3.83.